The highest BCUT2D eigenvalue weighted by Gasteiger charge is 2.51. The van der Waals surface area contributed by atoms with Gasteiger partial charge in [-0.15, -0.1) is 0 Å². The van der Waals surface area contributed by atoms with Crippen LogP contribution in [0.5, 0.6) is 5.75 Å². The van der Waals surface area contributed by atoms with Gasteiger partial charge in [0.2, 0.25) is 11.9 Å². The van der Waals surface area contributed by atoms with Crippen molar-refractivity contribution in [2.75, 3.05) is 25.1 Å². The molecular formula is C21H26N4O2. The second kappa shape index (κ2) is 7.18. The number of anilines is 1. The number of methoxy groups -OCH3 is 1. The highest BCUT2D eigenvalue weighted by Crippen LogP contribution is 2.49. The number of hydrogen-bond acceptors (Lipinski definition) is 5. The van der Waals surface area contributed by atoms with Gasteiger partial charge in [-0.2, -0.15) is 0 Å². The van der Waals surface area contributed by atoms with E-state index in [-0.39, 0.29) is 17.4 Å². The minimum atomic E-state index is -0.374. The van der Waals surface area contributed by atoms with Gasteiger partial charge in [-0.3, -0.25) is 4.79 Å². The topological polar surface area (TPSA) is 67.3 Å². The zero-order chi connectivity index (χ0) is 18.9. The third kappa shape index (κ3) is 3.48. The Morgan fingerprint density at radius 2 is 1.93 bits per heavy atom. The van der Waals surface area contributed by atoms with Crippen molar-refractivity contribution in [1.29, 1.82) is 0 Å². The summed E-state index contributed by atoms with van der Waals surface area (Å²) in [7, 11) is 1.68. The van der Waals surface area contributed by atoms with Crippen LogP contribution >= 0.6 is 0 Å². The fourth-order valence-corrected chi connectivity index (χ4v) is 3.89. The molecule has 2 aliphatic rings. The minimum absolute atomic E-state index is 0.155. The molecule has 1 saturated carbocycles. The third-order valence-corrected chi connectivity index (χ3v) is 5.81. The molecule has 1 aliphatic carbocycles. The molecule has 1 aliphatic heterocycles. The molecule has 1 saturated heterocycles. The van der Waals surface area contributed by atoms with E-state index in [0.29, 0.717) is 0 Å². The minimum Gasteiger partial charge on any atom is -0.496 e. The van der Waals surface area contributed by atoms with Crippen LogP contribution < -0.4 is 15.0 Å². The summed E-state index contributed by atoms with van der Waals surface area (Å²) >= 11 is 0. The lowest BCUT2D eigenvalue weighted by molar-refractivity contribution is -0.124. The summed E-state index contributed by atoms with van der Waals surface area (Å²) in [6.45, 7) is 3.74. The van der Waals surface area contributed by atoms with Crippen LogP contribution in [0.3, 0.4) is 0 Å². The fourth-order valence-electron chi connectivity index (χ4n) is 3.89. The number of ether oxygens (including phenoxy) is 1. The Bertz CT molecular complexity index is 812. The smallest absolute Gasteiger partial charge is 0.230 e. The maximum atomic E-state index is 13.0. The van der Waals surface area contributed by atoms with Gasteiger partial charge in [0, 0.05) is 31.5 Å². The van der Waals surface area contributed by atoms with Crippen LogP contribution in [0, 0.1) is 6.92 Å². The van der Waals surface area contributed by atoms with Crippen molar-refractivity contribution in [2.45, 2.75) is 44.1 Å². The number of benzene rings is 1. The van der Waals surface area contributed by atoms with Gasteiger partial charge in [-0.1, -0.05) is 12.1 Å². The summed E-state index contributed by atoms with van der Waals surface area (Å²) in [6.07, 6.45) is 7.17. The number of piperidine rings is 1. The maximum absolute atomic E-state index is 13.0. The van der Waals surface area contributed by atoms with Crippen molar-refractivity contribution < 1.29 is 9.53 Å². The number of carbonyl (C=O) groups is 1. The van der Waals surface area contributed by atoms with Crippen LogP contribution in [-0.4, -0.2) is 42.1 Å². The SMILES string of the molecule is COc1cc(C2(C(=O)NC3CCN(c4ncccn4)CC3)CC2)ccc1C. The second-order valence-corrected chi connectivity index (χ2v) is 7.55. The number of carbonyl (C=O) groups excluding carboxylic acids is 1. The zero-order valence-electron chi connectivity index (χ0n) is 15.9. The summed E-state index contributed by atoms with van der Waals surface area (Å²) in [6, 6.07) is 8.17. The third-order valence-electron chi connectivity index (χ3n) is 5.81. The first kappa shape index (κ1) is 17.8. The largest absolute Gasteiger partial charge is 0.496 e. The van der Waals surface area contributed by atoms with Gasteiger partial charge in [-0.25, -0.2) is 9.97 Å². The molecule has 142 valence electrons. The van der Waals surface area contributed by atoms with Gasteiger partial charge in [0.25, 0.3) is 0 Å². The van der Waals surface area contributed by atoms with Crippen molar-refractivity contribution in [2.24, 2.45) is 0 Å². The van der Waals surface area contributed by atoms with E-state index in [1.165, 1.54) is 0 Å². The number of nitrogens with one attached hydrogen (secondary N) is 1. The normalized spacial score (nSPS) is 18.8. The average Bonchev–Trinajstić information content (AvgIpc) is 3.52. The predicted molar refractivity (Wildman–Crippen MR) is 104 cm³/mol. The van der Waals surface area contributed by atoms with Crippen molar-refractivity contribution in [3.05, 3.63) is 47.8 Å². The maximum Gasteiger partial charge on any atom is 0.230 e. The summed E-state index contributed by atoms with van der Waals surface area (Å²) in [5.41, 5.74) is 1.78. The van der Waals surface area contributed by atoms with Crippen LogP contribution in [0.25, 0.3) is 0 Å². The van der Waals surface area contributed by atoms with Crippen molar-refractivity contribution >= 4 is 11.9 Å². The first-order chi connectivity index (χ1) is 13.1. The Morgan fingerprint density at radius 3 is 2.56 bits per heavy atom. The van der Waals surface area contributed by atoms with E-state index in [2.05, 4.69) is 26.3 Å². The van der Waals surface area contributed by atoms with Crippen LogP contribution in [0.15, 0.2) is 36.7 Å². The number of aromatic nitrogens is 2. The van der Waals surface area contributed by atoms with Gasteiger partial charge in [0.1, 0.15) is 5.75 Å². The molecule has 0 spiro atoms. The van der Waals surface area contributed by atoms with E-state index in [0.717, 1.165) is 61.6 Å². The Kier molecular flexibility index (Phi) is 4.72. The summed E-state index contributed by atoms with van der Waals surface area (Å²) in [5, 5.41) is 3.30. The Balaban J connectivity index is 1.38. The van der Waals surface area contributed by atoms with Crippen LogP contribution in [0.4, 0.5) is 5.95 Å². The molecule has 2 heterocycles. The second-order valence-electron chi connectivity index (χ2n) is 7.55. The molecule has 27 heavy (non-hydrogen) atoms. The Labute approximate surface area is 160 Å². The molecule has 2 aromatic rings. The summed E-state index contributed by atoms with van der Waals surface area (Å²) in [4.78, 5) is 23.9. The van der Waals surface area contributed by atoms with Gasteiger partial charge in [0.15, 0.2) is 0 Å². The molecule has 0 bridgehead atoms. The molecule has 0 atom stereocenters. The van der Waals surface area contributed by atoms with Gasteiger partial charge < -0.3 is 15.0 Å². The van der Waals surface area contributed by atoms with E-state index < -0.39 is 0 Å². The molecule has 1 amide bonds. The zero-order valence-corrected chi connectivity index (χ0v) is 15.9. The molecule has 1 N–H and O–H groups in total. The van der Waals surface area contributed by atoms with Crippen LogP contribution in [0.1, 0.15) is 36.8 Å². The predicted octanol–water partition coefficient (Wildman–Crippen LogP) is 2.61. The van der Waals surface area contributed by atoms with E-state index >= 15 is 0 Å². The number of rotatable bonds is 5. The van der Waals surface area contributed by atoms with Crippen LogP contribution in [-0.2, 0) is 10.2 Å². The fraction of sp³-hybridized carbons (Fsp3) is 0.476. The van der Waals surface area contributed by atoms with Crippen molar-refractivity contribution in [1.82, 2.24) is 15.3 Å². The lowest BCUT2D eigenvalue weighted by atomic mass is 9.92. The van der Waals surface area contributed by atoms with Gasteiger partial charge in [0.05, 0.1) is 12.5 Å². The monoisotopic (exact) mass is 366 g/mol. The van der Waals surface area contributed by atoms with E-state index in [9.17, 15) is 4.79 Å². The molecule has 4 rings (SSSR count). The van der Waals surface area contributed by atoms with Crippen molar-refractivity contribution in [3.8, 4) is 5.75 Å². The number of amides is 1. The first-order valence-electron chi connectivity index (χ1n) is 9.60. The number of hydrogen-bond donors (Lipinski definition) is 1. The molecule has 0 unspecified atom stereocenters. The lowest BCUT2D eigenvalue weighted by Crippen LogP contribution is -2.48. The molecule has 6 heteroatoms. The lowest BCUT2D eigenvalue weighted by Gasteiger charge is -2.33. The highest BCUT2D eigenvalue weighted by molar-refractivity contribution is 5.91. The molecule has 6 nitrogen and oxygen atoms in total. The number of aryl methyl sites for hydroxylation is 1. The molecule has 1 aromatic heterocycles. The highest BCUT2D eigenvalue weighted by atomic mass is 16.5. The van der Waals surface area contributed by atoms with Crippen LogP contribution in [0.2, 0.25) is 0 Å². The Morgan fingerprint density at radius 1 is 1.22 bits per heavy atom. The Hall–Kier alpha value is -2.63. The standard InChI is InChI=1S/C21H26N4O2/c1-15-4-5-16(14-18(15)27-2)21(8-9-21)19(26)24-17-6-12-25(13-7-17)20-22-10-3-11-23-20/h3-5,10-11,14,17H,6-9,12-13H2,1-2H3,(H,24,26). The molecule has 1 aromatic carbocycles. The van der Waals surface area contributed by atoms with E-state index in [1.54, 1.807) is 19.5 Å². The average molecular weight is 366 g/mol. The molecule has 2 fully saturated rings. The van der Waals surface area contributed by atoms with E-state index in [1.807, 2.05) is 25.1 Å². The first-order valence-corrected chi connectivity index (χ1v) is 9.60. The number of nitrogens with zero attached hydrogens (tertiary/aromatic N) is 3. The van der Waals surface area contributed by atoms with E-state index in [4.69, 9.17) is 4.74 Å². The van der Waals surface area contributed by atoms with Gasteiger partial charge in [-0.05, 0) is 55.9 Å². The summed E-state index contributed by atoms with van der Waals surface area (Å²) in [5.74, 6) is 1.78. The quantitative estimate of drug-likeness (QED) is 0.881. The molecular weight excluding hydrogens is 340 g/mol. The van der Waals surface area contributed by atoms with Crippen molar-refractivity contribution in [3.63, 3.8) is 0 Å². The summed E-state index contributed by atoms with van der Waals surface area (Å²) < 4.78 is 5.44. The molecule has 0 radical (unpaired) electrons. The van der Waals surface area contributed by atoms with Gasteiger partial charge >= 0.3 is 0 Å².